The molecule has 1 heterocycles. The van der Waals surface area contributed by atoms with Crippen LogP contribution in [0.5, 0.6) is 0 Å². The second-order valence-electron chi connectivity index (χ2n) is 5.20. The molecule has 1 N–H and O–H groups in total. The van der Waals surface area contributed by atoms with E-state index in [1.807, 2.05) is 20.8 Å². The molecule has 0 unspecified atom stereocenters. The van der Waals surface area contributed by atoms with Gasteiger partial charge in [-0.3, -0.25) is 4.79 Å². The monoisotopic (exact) mass is 292 g/mol. The number of benzene rings is 1. The van der Waals surface area contributed by atoms with Crippen molar-refractivity contribution < 1.29 is 9.18 Å². The van der Waals surface area contributed by atoms with Gasteiger partial charge in [0.05, 0.1) is 6.20 Å². The average Bonchev–Trinajstić information content (AvgIpc) is 2.88. The predicted molar refractivity (Wildman–Crippen MR) is 79.3 cm³/mol. The summed E-state index contributed by atoms with van der Waals surface area (Å²) in [4.78, 5) is 16.7. The number of halogens is 1. The third kappa shape index (κ3) is 3.22. The van der Waals surface area contributed by atoms with Gasteiger partial charge in [0.25, 0.3) is 5.91 Å². The quantitative estimate of drug-likeness (QED) is 0.929. The van der Waals surface area contributed by atoms with E-state index in [0.29, 0.717) is 15.4 Å². The molecule has 0 bridgehead atoms. The predicted octanol–water partition coefficient (Wildman–Crippen LogP) is 3.87. The first-order chi connectivity index (χ1) is 9.43. The lowest BCUT2D eigenvalue weighted by Gasteiger charge is -2.23. The van der Waals surface area contributed by atoms with E-state index in [-0.39, 0.29) is 17.3 Å². The van der Waals surface area contributed by atoms with E-state index in [1.165, 1.54) is 23.6 Å². The summed E-state index contributed by atoms with van der Waals surface area (Å²) in [5.41, 5.74) is 0.158. The first-order valence-corrected chi connectivity index (χ1v) is 7.28. The summed E-state index contributed by atoms with van der Waals surface area (Å²) in [6.07, 6.45) is 2.32. The van der Waals surface area contributed by atoms with Crippen molar-refractivity contribution in [3.8, 4) is 10.6 Å². The lowest BCUT2D eigenvalue weighted by Crippen LogP contribution is -2.42. The molecule has 2 rings (SSSR count). The molecular weight excluding hydrogens is 275 g/mol. The molecule has 2 aromatic rings. The maximum Gasteiger partial charge on any atom is 0.263 e. The maximum atomic E-state index is 13.7. The Morgan fingerprint density at radius 1 is 1.40 bits per heavy atom. The van der Waals surface area contributed by atoms with Crippen molar-refractivity contribution in [3.63, 3.8) is 0 Å². The second-order valence-corrected chi connectivity index (χ2v) is 6.23. The van der Waals surface area contributed by atoms with E-state index in [4.69, 9.17) is 0 Å². The molecule has 0 spiro atoms. The Hall–Kier alpha value is -1.75. The van der Waals surface area contributed by atoms with Gasteiger partial charge in [-0.1, -0.05) is 19.1 Å². The van der Waals surface area contributed by atoms with Crippen LogP contribution in [0.3, 0.4) is 0 Å². The SMILES string of the molecule is CCC(C)(C)NC(=O)c1cnc(-c2ccccc2F)s1. The van der Waals surface area contributed by atoms with Crippen LogP contribution in [-0.2, 0) is 0 Å². The Balaban J connectivity index is 2.22. The number of nitrogens with zero attached hydrogens (tertiary/aromatic N) is 1. The average molecular weight is 292 g/mol. The third-order valence-corrected chi connectivity index (χ3v) is 4.20. The molecule has 0 saturated carbocycles. The van der Waals surface area contributed by atoms with Crippen LogP contribution in [0.1, 0.15) is 36.9 Å². The highest BCUT2D eigenvalue weighted by molar-refractivity contribution is 7.16. The summed E-state index contributed by atoms with van der Waals surface area (Å²) < 4.78 is 13.7. The van der Waals surface area contributed by atoms with Crippen molar-refractivity contribution in [2.75, 3.05) is 0 Å². The minimum atomic E-state index is -0.331. The zero-order chi connectivity index (χ0) is 14.8. The van der Waals surface area contributed by atoms with E-state index < -0.39 is 0 Å². The van der Waals surface area contributed by atoms with Gasteiger partial charge in [-0.2, -0.15) is 0 Å². The van der Waals surface area contributed by atoms with Gasteiger partial charge in [0, 0.05) is 11.1 Å². The van der Waals surface area contributed by atoms with Gasteiger partial charge < -0.3 is 5.32 Å². The normalized spacial score (nSPS) is 11.4. The van der Waals surface area contributed by atoms with E-state index >= 15 is 0 Å². The van der Waals surface area contributed by atoms with Crippen LogP contribution in [0.4, 0.5) is 4.39 Å². The fourth-order valence-electron chi connectivity index (χ4n) is 1.60. The molecule has 0 aliphatic heterocycles. The van der Waals surface area contributed by atoms with Gasteiger partial charge in [-0.15, -0.1) is 11.3 Å². The summed E-state index contributed by atoms with van der Waals surface area (Å²) in [5, 5.41) is 3.46. The molecule has 1 aromatic carbocycles. The maximum absolute atomic E-state index is 13.7. The zero-order valence-corrected chi connectivity index (χ0v) is 12.6. The summed E-state index contributed by atoms with van der Waals surface area (Å²) >= 11 is 1.20. The highest BCUT2D eigenvalue weighted by Gasteiger charge is 2.21. The fourth-order valence-corrected chi connectivity index (χ4v) is 2.43. The van der Waals surface area contributed by atoms with E-state index in [1.54, 1.807) is 18.2 Å². The molecule has 3 nitrogen and oxygen atoms in total. The molecule has 20 heavy (non-hydrogen) atoms. The minimum Gasteiger partial charge on any atom is -0.346 e. The number of hydrogen-bond donors (Lipinski definition) is 1. The summed E-state index contributed by atoms with van der Waals surface area (Å²) in [7, 11) is 0. The second kappa shape index (κ2) is 5.71. The van der Waals surface area contributed by atoms with Crippen LogP contribution in [0, 0.1) is 5.82 Å². The zero-order valence-electron chi connectivity index (χ0n) is 11.7. The highest BCUT2D eigenvalue weighted by atomic mass is 32.1. The molecule has 0 aliphatic rings. The Bertz CT molecular complexity index is 622. The van der Waals surface area contributed by atoms with Crippen molar-refractivity contribution in [1.29, 1.82) is 0 Å². The smallest absolute Gasteiger partial charge is 0.263 e. The fraction of sp³-hybridized carbons (Fsp3) is 0.333. The summed E-state index contributed by atoms with van der Waals surface area (Å²) in [6.45, 7) is 5.94. The molecule has 0 saturated heterocycles. The molecule has 0 atom stereocenters. The van der Waals surface area contributed by atoms with Gasteiger partial charge in [-0.25, -0.2) is 9.37 Å². The summed E-state index contributed by atoms with van der Waals surface area (Å²) in [6, 6.07) is 6.42. The van der Waals surface area contributed by atoms with Gasteiger partial charge in [0.15, 0.2) is 0 Å². The van der Waals surface area contributed by atoms with E-state index in [0.717, 1.165) is 6.42 Å². The molecule has 0 radical (unpaired) electrons. The Labute approximate surface area is 121 Å². The minimum absolute atomic E-state index is 0.170. The number of thiazole rings is 1. The van der Waals surface area contributed by atoms with Crippen LogP contribution < -0.4 is 5.32 Å². The highest BCUT2D eigenvalue weighted by Crippen LogP contribution is 2.27. The molecule has 106 valence electrons. The topological polar surface area (TPSA) is 42.0 Å². The van der Waals surface area contributed by atoms with Crippen molar-refractivity contribution in [3.05, 3.63) is 41.2 Å². The van der Waals surface area contributed by atoms with Crippen LogP contribution in [0.25, 0.3) is 10.6 Å². The first kappa shape index (κ1) is 14.7. The van der Waals surface area contributed by atoms with Crippen molar-refractivity contribution >= 4 is 17.2 Å². The number of nitrogens with one attached hydrogen (secondary N) is 1. The van der Waals surface area contributed by atoms with Gasteiger partial charge >= 0.3 is 0 Å². The largest absolute Gasteiger partial charge is 0.346 e. The molecule has 1 aromatic heterocycles. The van der Waals surface area contributed by atoms with Crippen LogP contribution in [-0.4, -0.2) is 16.4 Å². The number of hydrogen-bond acceptors (Lipinski definition) is 3. The van der Waals surface area contributed by atoms with E-state index in [9.17, 15) is 9.18 Å². The van der Waals surface area contributed by atoms with Crippen LogP contribution >= 0.6 is 11.3 Å². The third-order valence-electron chi connectivity index (χ3n) is 3.17. The Kier molecular flexibility index (Phi) is 4.18. The Morgan fingerprint density at radius 2 is 2.10 bits per heavy atom. The summed E-state index contributed by atoms with van der Waals surface area (Å²) in [5.74, 6) is -0.500. The molecule has 0 fully saturated rings. The van der Waals surface area contributed by atoms with Crippen molar-refractivity contribution in [1.82, 2.24) is 10.3 Å². The van der Waals surface area contributed by atoms with Gasteiger partial charge in [0.2, 0.25) is 0 Å². The van der Waals surface area contributed by atoms with Gasteiger partial charge in [0.1, 0.15) is 15.7 Å². The Morgan fingerprint density at radius 3 is 2.75 bits per heavy atom. The molecular formula is C15H17FN2OS. The number of aromatic nitrogens is 1. The molecule has 0 aliphatic carbocycles. The number of carbonyl (C=O) groups is 1. The lowest BCUT2D eigenvalue weighted by atomic mass is 10.0. The molecule has 5 heteroatoms. The molecule has 1 amide bonds. The standard InChI is InChI=1S/C15H17FN2OS/c1-4-15(2,3)18-13(19)12-9-17-14(20-12)10-7-5-6-8-11(10)16/h5-9H,4H2,1-3H3,(H,18,19). The van der Waals surface area contributed by atoms with Crippen LogP contribution in [0.2, 0.25) is 0 Å². The number of rotatable bonds is 4. The van der Waals surface area contributed by atoms with Gasteiger partial charge in [-0.05, 0) is 32.4 Å². The number of amides is 1. The van der Waals surface area contributed by atoms with E-state index in [2.05, 4.69) is 10.3 Å². The van der Waals surface area contributed by atoms with Crippen LogP contribution in [0.15, 0.2) is 30.5 Å². The van der Waals surface area contributed by atoms with Crippen molar-refractivity contribution in [2.24, 2.45) is 0 Å². The number of carbonyl (C=O) groups excluding carboxylic acids is 1. The van der Waals surface area contributed by atoms with Crippen molar-refractivity contribution in [2.45, 2.75) is 32.7 Å². The first-order valence-electron chi connectivity index (χ1n) is 6.46. The lowest BCUT2D eigenvalue weighted by molar-refractivity contribution is 0.0915.